The summed E-state index contributed by atoms with van der Waals surface area (Å²) in [7, 11) is 2.10. The van der Waals surface area contributed by atoms with Gasteiger partial charge >= 0.3 is 0 Å². The van der Waals surface area contributed by atoms with Gasteiger partial charge in [0.25, 0.3) is 0 Å². The first kappa shape index (κ1) is 14.9. The maximum Gasteiger partial charge on any atom is 0.225 e. The lowest BCUT2D eigenvalue weighted by atomic mass is 10.0. The van der Waals surface area contributed by atoms with Crippen molar-refractivity contribution in [3.63, 3.8) is 0 Å². The van der Waals surface area contributed by atoms with Crippen LogP contribution in [-0.2, 0) is 6.54 Å². The molecule has 3 heterocycles. The van der Waals surface area contributed by atoms with Gasteiger partial charge in [-0.15, -0.1) is 0 Å². The fraction of sp³-hybridized carbons (Fsp3) is 0.471. The molecule has 0 unspecified atom stereocenters. The summed E-state index contributed by atoms with van der Waals surface area (Å²) in [4.78, 5) is 18.0. The van der Waals surface area contributed by atoms with E-state index in [9.17, 15) is 0 Å². The highest BCUT2D eigenvalue weighted by molar-refractivity contribution is 5.30. The first-order valence-electron chi connectivity index (χ1n) is 7.86. The average Bonchev–Trinajstić information content (AvgIpc) is 2.57. The zero-order valence-corrected chi connectivity index (χ0v) is 13.3. The van der Waals surface area contributed by atoms with E-state index in [-0.39, 0.29) is 0 Å². The minimum absolute atomic E-state index is 0.516. The Hall–Kier alpha value is -2.01. The molecule has 0 aromatic carbocycles. The molecule has 5 nitrogen and oxygen atoms in total. The van der Waals surface area contributed by atoms with E-state index in [1.165, 1.54) is 0 Å². The lowest BCUT2D eigenvalue weighted by molar-refractivity contribution is 0.201. The van der Waals surface area contributed by atoms with Crippen LogP contribution in [0.3, 0.4) is 0 Å². The highest BCUT2D eigenvalue weighted by atomic mass is 15.3. The molecule has 0 N–H and O–H groups in total. The maximum atomic E-state index is 4.43. The van der Waals surface area contributed by atoms with Gasteiger partial charge in [0.1, 0.15) is 0 Å². The Balaban J connectivity index is 1.54. The van der Waals surface area contributed by atoms with Crippen LogP contribution in [0.2, 0.25) is 0 Å². The van der Waals surface area contributed by atoms with Gasteiger partial charge in [-0.05, 0) is 37.5 Å². The van der Waals surface area contributed by atoms with E-state index in [1.54, 1.807) is 0 Å². The summed E-state index contributed by atoms with van der Waals surface area (Å²) < 4.78 is 0. The largest absolute Gasteiger partial charge is 0.341 e. The molecule has 2 aromatic heterocycles. The van der Waals surface area contributed by atoms with Crippen LogP contribution in [0, 0.1) is 6.92 Å². The summed E-state index contributed by atoms with van der Waals surface area (Å²) >= 11 is 0. The van der Waals surface area contributed by atoms with Crippen molar-refractivity contribution in [2.24, 2.45) is 0 Å². The molecule has 0 radical (unpaired) electrons. The Labute approximate surface area is 132 Å². The van der Waals surface area contributed by atoms with Gasteiger partial charge in [0.15, 0.2) is 0 Å². The standard InChI is InChI=1S/C17H23N5/c1-14-11-19-17(20-12-14)21(2)16-6-9-22(10-7-16)13-15-5-3-4-8-18-15/h3-5,8,11-12,16H,6-7,9-10,13H2,1-2H3. The monoisotopic (exact) mass is 297 g/mol. The van der Waals surface area contributed by atoms with Crippen molar-refractivity contribution in [2.45, 2.75) is 32.4 Å². The molecule has 0 amide bonds. The van der Waals surface area contributed by atoms with Gasteiger partial charge in [0, 0.05) is 51.3 Å². The molecule has 116 valence electrons. The van der Waals surface area contributed by atoms with Crippen molar-refractivity contribution >= 4 is 5.95 Å². The van der Waals surface area contributed by atoms with Crippen LogP contribution >= 0.6 is 0 Å². The van der Waals surface area contributed by atoms with Crippen molar-refractivity contribution < 1.29 is 0 Å². The van der Waals surface area contributed by atoms with Gasteiger partial charge in [-0.3, -0.25) is 9.88 Å². The van der Waals surface area contributed by atoms with E-state index in [2.05, 4.69) is 43.9 Å². The van der Waals surface area contributed by atoms with Gasteiger partial charge in [0.05, 0.1) is 5.69 Å². The summed E-state index contributed by atoms with van der Waals surface area (Å²) in [5.41, 5.74) is 2.25. The lowest BCUT2D eigenvalue weighted by Crippen LogP contribution is -2.43. The Morgan fingerprint density at radius 1 is 1.14 bits per heavy atom. The van der Waals surface area contributed by atoms with Crippen LogP contribution in [0.25, 0.3) is 0 Å². The molecule has 1 fully saturated rings. The molecular weight excluding hydrogens is 274 g/mol. The summed E-state index contributed by atoms with van der Waals surface area (Å²) in [6, 6.07) is 6.63. The molecular formula is C17H23N5. The minimum Gasteiger partial charge on any atom is -0.341 e. The van der Waals surface area contributed by atoms with Gasteiger partial charge in [-0.1, -0.05) is 6.07 Å². The Kier molecular flexibility index (Phi) is 4.63. The first-order valence-corrected chi connectivity index (χ1v) is 7.86. The molecule has 2 aromatic rings. The van der Waals surface area contributed by atoms with Gasteiger partial charge < -0.3 is 4.90 Å². The van der Waals surface area contributed by atoms with E-state index in [1.807, 2.05) is 31.6 Å². The van der Waals surface area contributed by atoms with Gasteiger partial charge in [-0.2, -0.15) is 0 Å². The van der Waals surface area contributed by atoms with E-state index >= 15 is 0 Å². The van der Waals surface area contributed by atoms with Crippen LogP contribution < -0.4 is 4.90 Å². The fourth-order valence-corrected chi connectivity index (χ4v) is 2.92. The van der Waals surface area contributed by atoms with Crippen LogP contribution in [0.1, 0.15) is 24.1 Å². The number of hydrogen-bond donors (Lipinski definition) is 0. The number of rotatable bonds is 4. The quantitative estimate of drug-likeness (QED) is 0.866. The fourth-order valence-electron chi connectivity index (χ4n) is 2.92. The molecule has 0 bridgehead atoms. The Bertz CT molecular complexity index is 576. The third kappa shape index (κ3) is 3.60. The van der Waals surface area contributed by atoms with Crippen LogP contribution in [-0.4, -0.2) is 46.0 Å². The number of aromatic nitrogens is 3. The molecule has 0 atom stereocenters. The maximum absolute atomic E-state index is 4.43. The highest BCUT2D eigenvalue weighted by Crippen LogP contribution is 2.20. The van der Waals surface area contributed by atoms with Crippen LogP contribution in [0.15, 0.2) is 36.8 Å². The third-order valence-electron chi connectivity index (χ3n) is 4.30. The predicted molar refractivity (Wildman–Crippen MR) is 87.7 cm³/mol. The summed E-state index contributed by atoms with van der Waals surface area (Å²) in [5.74, 6) is 0.828. The van der Waals surface area contributed by atoms with Crippen molar-refractivity contribution in [3.8, 4) is 0 Å². The average molecular weight is 297 g/mol. The lowest BCUT2D eigenvalue weighted by Gasteiger charge is -2.36. The number of nitrogens with zero attached hydrogens (tertiary/aromatic N) is 5. The van der Waals surface area contributed by atoms with Gasteiger partial charge in [0.2, 0.25) is 5.95 Å². The molecule has 5 heteroatoms. The van der Waals surface area contributed by atoms with E-state index in [0.717, 1.165) is 49.7 Å². The number of pyridine rings is 1. The van der Waals surface area contributed by atoms with Crippen LogP contribution in [0.5, 0.6) is 0 Å². The Morgan fingerprint density at radius 2 is 1.86 bits per heavy atom. The normalized spacial score (nSPS) is 16.6. The number of anilines is 1. The van der Waals surface area contributed by atoms with E-state index in [0.29, 0.717) is 6.04 Å². The van der Waals surface area contributed by atoms with Crippen molar-refractivity contribution in [1.82, 2.24) is 19.9 Å². The molecule has 0 spiro atoms. The SMILES string of the molecule is Cc1cnc(N(C)C2CCN(Cc3ccccn3)CC2)nc1. The molecule has 22 heavy (non-hydrogen) atoms. The molecule has 1 aliphatic heterocycles. The smallest absolute Gasteiger partial charge is 0.225 e. The van der Waals surface area contributed by atoms with Crippen molar-refractivity contribution in [2.75, 3.05) is 25.0 Å². The number of piperidine rings is 1. The van der Waals surface area contributed by atoms with E-state index < -0.39 is 0 Å². The van der Waals surface area contributed by atoms with Crippen molar-refractivity contribution in [3.05, 3.63) is 48.0 Å². The zero-order valence-electron chi connectivity index (χ0n) is 13.3. The van der Waals surface area contributed by atoms with Gasteiger partial charge in [-0.25, -0.2) is 9.97 Å². The first-order chi connectivity index (χ1) is 10.7. The Morgan fingerprint density at radius 3 is 2.50 bits per heavy atom. The zero-order chi connectivity index (χ0) is 15.4. The minimum atomic E-state index is 0.516. The van der Waals surface area contributed by atoms with Crippen molar-refractivity contribution in [1.29, 1.82) is 0 Å². The molecule has 0 aliphatic carbocycles. The highest BCUT2D eigenvalue weighted by Gasteiger charge is 2.24. The second kappa shape index (κ2) is 6.83. The molecule has 1 aliphatic rings. The summed E-state index contributed by atoms with van der Waals surface area (Å²) in [6.07, 6.45) is 7.91. The molecule has 0 saturated carbocycles. The predicted octanol–water partition coefficient (Wildman–Crippen LogP) is 2.28. The molecule has 1 saturated heterocycles. The summed E-state index contributed by atoms with van der Waals surface area (Å²) in [6.45, 7) is 5.15. The summed E-state index contributed by atoms with van der Waals surface area (Å²) in [5, 5.41) is 0. The van der Waals surface area contributed by atoms with Crippen LogP contribution in [0.4, 0.5) is 5.95 Å². The number of likely N-dealkylation sites (tertiary alicyclic amines) is 1. The van der Waals surface area contributed by atoms with E-state index in [4.69, 9.17) is 0 Å². The topological polar surface area (TPSA) is 45.2 Å². The second-order valence-electron chi connectivity index (χ2n) is 6.00. The number of aryl methyl sites for hydroxylation is 1. The molecule has 3 rings (SSSR count). The second-order valence-corrected chi connectivity index (χ2v) is 6.00. The third-order valence-corrected chi connectivity index (χ3v) is 4.30. The number of hydrogen-bond acceptors (Lipinski definition) is 5.